The highest BCUT2D eigenvalue weighted by Gasteiger charge is 2.01. The summed E-state index contributed by atoms with van der Waals surface area (Å²) in [5.74, 6) is -0.356. The number of nitrogen functional groups attached to an aromatic ring is 1. The first-order valence-corrected chi connectivity index (χ1v) is 3.81. The van der Waals surface area contributed by atoms with Crippen LogP contribution in [0, 0.1) is 5.82 Å². The van der Waals surface area contributed by atoms with E-state index in [0.717, 1.165) is 5.56 Å². The largest absolute Gasteiger partial charge is 0.399 e. The molecule has 1 aromatic carbocycles. The molecule has 66 valence electrons. The topological polar surface area (TPSA) is 46.2 Å². The van der Waals surface area contributed by atoms with E-state index in [0.29, 0.717) is 12.1 Å². The van der Waals surface area contributed by atoms with Crippen LogP contribution in [0.5, 0.6) is 0 Å². The van der Waals surface area contributed by atoms with Gasteiger partial charge in [0, 0.05) is 5.69 Å². The van der Waals surface area contributed by atoms with Crippen molar-refractivity contribution in [2.24, 2.45) is 0 Å². The Morgan fingerprint density at radius 1 is 1.50 bits per heavy atom. The third kappa shape index (κ3) is 2.51. The second-order valence-electron chi connectivity index (χ2n) is 2.95. The summed E-state index contributed by atoms with van der Waals surface area (Å²) in [5, 5.41) is 9.02. The lowest BCUT2D eigenvalue weighted by Crippen LogP contribution is -2.04. The number of nitrogens with two attached hydrogens (primary N) is 1. The molecular weight excluding hydrogens is 157 g/mol. The number of aliphatic hydroxyl groups is 1. The van der Waals surface area contributed by atoms with Gasteiger partial charge in [0.25, 0.3) is 0 Å². The van der Waals surface area contributed by atoms with Gasteiger partial charge in [0.15, 0.2) is 0 Å². The Balaban J connectivity index is 2.85. The first-order chi connectivity index (χ1) is 5.58. The molecule has 0 aliphatic carbocycles. The summed E-state index contributed by atoms with van der Waals surface area (Å²) < 4.78 is 12.7. The molecule has 0 aliphatic heterocycles. The number of hydrogen-bond acceptors (Lipinski definition) is 2. The van der Waals surface area contributed by atoms with E-state index in [1.54, 1.807) is 13.0 Å². The summed E-state index contributed by atoms with van der Waals surface area (Å²) in [6, 6.07) is 4.30. The van der Waals surface area contributed by atoms with Crippen LogP contribution >= 0.6 is 0 Å². The van der Waals surface area contributed by atoms with E-state index in [-0.39, 0.29) is 5.82 Å². The molecule has 2 nitrogen and oxygen atoms in total. The van der Waals surface area contributed by atoms with E-state index in [1.807, 2.05) is 0 Å². The standard InChI is InChI=1S/C9H12FNO/c1-6(12)2-7-3-8(10)5-9(11)4-7/h3-6,12H,2,11H2,1H3. The van der Waals surface area contributed by atoms with Crippen molar-refractivity contribution in [3.8, 4) is 0 Å². The Morgan fingerprint density at radius 2 is 2.17 bits per heavy atom. The van der Waals surface area contributed by atoms with E-state index in [1.165, 1.54) is 12.1 Å². The monoisotopic (exact) mass is 169 g/mol. The van der Waals surface area contributed by atoms with Crippen molar-refractivity contribution in [2.75, 3.05) is 5.73 Å². The summed E-state index contributed by atoms with van der Waals surface area (Å²) in [5.41, 5.74) is 6.53. The third-order valence-electron chi connectivity index (χ3n) is 1.51. The highest BCUT2D eigenvalue weighted by Crippen LogP contribution is 2.12. The lowest BCUT2D eigenvalue weighted by molar-refractivity contribution is 0.195. The van der Waals surface area contributed by atoms with E-state index in [2.05, 4.69) is 0 Å². The van der Waals surface area contributed by atoms with E-state index in [9.17, 15) is 4.39 Å². The molecule has 0 aliphatic rings. The zero-order valence-electron chi connectivity index (χ0n) is 6.92. The number of benzene rings is 1. The van der Waals surface area contributed by atoms with Crippen LogP contribution in [0.2, 0.25) is 0 Å². The van der Waals surface area contributed by atoms with E-state index >= 15 is 0 Å². The fourth-order valence-corrected chi connectivity index (χ4v) is 1.13. The lowest BCUT2D eigenvalue weighted by atomic mass is 10.1. The van der Waals surface area contributed by atoms with Crippen molar-refractivity contribution in [1.29, 1.82) is 0 Å². The summed E-state index contributed by atoms with van der Waals surface area (Å²) in [6.07, 6.45) is -0.0340. The highest BCUT2D eigenvalue weighted by atomic mass is 19.1. The third-order valence-corrected chi connectivity index (χ3v) is 1.51. The maximum Gasteiger partial charge on any atom is 0.125 e. The van der Waals surface area contributed by atoms with Gasteiger partial charge in [-0.05, 0) is 37.1 Å². The number of rotatable bonds is 2. The summed E-state index contributed by atoms with van der Waals surface area (Å²) in [4.78, 5) is 0. The fourth-order valence-electron chi connectivity index (χ4n) is 1.13. The molecule has 12 heavy (non-hydrogen) atoms. The molecule has 0 saturated carbocycles. The van der Waals surface area contributed by atoms with Crippen LogP contribution in [0.4, 0.5) is 10.1 Å². The number of hydrogen-bond donors (Lipinski definition) is 2. The van der Waals surface area contributed by atoms with Crippen LogP contribution in [0.25, 0.3) is 0 Å². The predicted octanol–water partition coefficient (Wildman–Crippen LogP) is 1.33. The Kier molecular flexibility index (Phi) is 2.65. The maximum absolute atomic E-state index is 12.7. The zero-order chi connectivity index (χ0) is 9.14. The minimum absolute atomic E-state index is 0.356. The Bertz CT molecular complexity index is 253. The number of aliphatic hydroxyl groups excluding tert-OH is 1. The van der Waals surface area contributed by atoms with Crippen molar-refractivity contribution >= 4 is 5.69 Å². The molecule has 1 rings (SSSR count). The van der Waals surface area contributed by atoms with Crippen LogP contribution in [0.1, 0.15) is 12.5 Å². The van der Waals surface area contributed by atoms with Crippen molar-refractivity contribution < 1.29 is 9.50 Å². The van der Waals surface area contributed by atoms with Gasteiger partial charge in [0.1, 0.15) is 5.82 Å². The lowest BCUT2D eigenvalue weighted by Gasteiger charge is -2.05. The average molecular weight is 169 g/mol. The molecular formula is C9H12FNO. The van der Waals surface area contributed by atoms with E-state index < -0.39 is 6.10 Å². The van der Waals surface area contributed by atoms with Gasteiger partial charge in [-0.3, -0.25) is 0 Å². The summed E-state index contributed by atoms with van der Waals surface area (Å²) in [6.45, 7) is 1.65. The normalized spacial score (nSPS) is 12.9. The second-order valence-corrected chi connectivity index (χ2v) is 2.95. The minimum Gasteiger partial charge on any atom is -0.399 e. The van der Waals surface area contributed by atoms with Gasteiger partial charge in [0.05, 0.1) is 6.10 Å². The van der Waals surface area contributed by atoms with E-state index in [4.69, 9.17) is 10.8 Å². The van der Waals surface area contributed by atoms with Crippen molar-refractivity contribution in [3.63, 3.8) is 0 Å². The molecule has 3 heteroatoms. The van der Waals surface area contributed by atoms with Gasteiger partial charge in [-0.2, -0.15) is 0 Å². The molecule has 0 amide bonds. The van der Waals surface area contributed by atoms with Gasteiger partial charge in [0.2, 0.25) is 0 Å². The molecule has 0 heterocycles. The van der Waals surface area contributed by atoms with Gasteiger partial charge in [-0.25, -0.2) is 4.39 Å². The summed E-state index contributed by atoms with van der Waals surface area (Å²) >= 11 is 0. The first kappa shape index (κ1) is 9.00. The maximum atomic E-state index is 12.7. The minimum atomic E-state index is -0.466. The molecule has 1 unspecified atom stereocenters. The Labute approximate surface area is 70.8 Å². The van der Waals surface area contributed by atoms with Crippen LogP contribution in [-0.4, -0.2) is 11.2 Å². The zero-order valence-corrected chi connectivity index (χ0v) is 6.92. The molecule has 3 N–H and O–H groups in total. The van der Waals surface area contributed by atoms with Crippen LogP contribution in [0.3, 0.4) is 0 Å². The van der Waals surface area contributed by atoms with Gasteiger partial charge < -0.3 is 10.8 Å². The molecule has 1 aromatic rings. The molecule has 0 fully saturated rings. The Hall–Kier alpha value is -1.09. The summed E-state index contributed by atoms with van der Waals surface area (Å²) in [7, 11) is 0. The second kappa shape index (κ2) is 3.54. The number of anilines is 1. The average Bonchev–Trinajstić information content (AvgIpc) is 1.81. The predicted molar refractivity (Wildman–Crippen MR) is 46.2 cm³/mol. The van der Waals surface area contributed by atoms with Crippen molar-refractivity contribution in [1.82, 2.24) is 0 Å². The number of halogens is 1. The highest BCUT2D eigenvalue weighted by molar-refractivity contribution is 5.41. The van der Waals surface area contributed by atoms with Crippen molar-refractivity contribution in [3.05, 3.63) is 29.6 Å². The fraction of sp³-hybridized carbons (Fsp3) is 0.333. The van der Waals surface area contributed by atoms with Crippen LogP contribution in [0.15, 0.2) is 18.2 Å². The first-order valence-electron chi connectivity index (χ1n) is 3.81. The quantitative estimate of drug-likeness (QED) is 0.656. The Morgan fingerprint density at radius 3 is 2.67 bits per heavy atom. The van der Waals surface area contributed by atoms with Crippen LogP contribution < -0.4 is 5.73 Å². The molecule has 0 saturated heterocycles. The molecule has 0 bridgehead atoms. The van der Waals surface area contributed by atoms with Gasteiger partial charge in [-0.15, -0.1) is 0 Å². The van der Waals surface area contributed by atoms with Gasteiger partial charge in [-0.1, -0.05) is 0 Å². The molecule has 0 aromatic heterocycles. The van der Waals surface area contributed by atoms with Crippen molar-refractivity contribution in [2.45, 2.75) is 19.4 Å². The van der Waals surface area contributed by atoms with Crippen LogP contribution in [-0.2, 0) is 6.42 Å². The molecule has 0 spiro atoms. The molecule has 0 radical (unpaired) electrons. The smallest absolute Gasteiger partial charge is 0.125 e. The molecule has 1 atom stereocenters. The van der Waals surface area contributed by atoms with Gasteiger partial charge >= 0.3 is 0 Å². The SMILES string of the molecule is CC(O)Cc1cc(N)cc(F)c1.